The van der Waals surface area contributed by atoms with Crippen LogP contribution in [0.5, 0.6) is 0 Å². The summed E-state index contributed by atoms with van der Waals surface area (Å²) in [5.41, 5.74) is 2.39. The van der Waals surface area contributed by atoms with Gasteiger partial charge in [-0.15, -0.1) is 0 Å². The van der Waals surface area contributed by atoms with Crippen LogP contribution in [0.15, 0.2) is 86.7 Å². The SMILES string of the molecule is c1ccc(CNc2ncnc3oc(-c4ccco4)c(-c4ccco4)c23)cc1. The quantitative estimate of drug-likeness (QED) is 0.456. The van der Waals surface area contributed by atoms with Crippen LogP contribution in [0.1, 0.15) is 5.56 Å². The summed E-state index contributed by atoms with van der Waals surface area (Å²) in [6.45, 7) is 0.631. The molecular formula is C21H15N3O3. The van der Waals surface area contributed by atoms with E-state index in [0.717, 1.165) is 16.5 Å². The van der Waals surface area contributed by atoms with Gasteiger partial charge < -0.3 is 18.6 Å². The zero-order valence-electron chi connectivity index (χ0n) is 14.3. The molecule has 0 bridgehead atoms. The maximum Gasteiger partial charge on any atom is 0.232 e. The van der Waals surface area contributed by atoms with Crippen molar-refractivity contribution < 1.29 is 13.3 Å². The van der Waals surface area contributed by atoms with Gasteiger partial charge in [0.2, 0.25) is 5.71 Å². The molecule has 0 fully saturated rings. The fraction of sp³-hybridized carbons (Fsp3) is 0.0476. The normalized spacial score (nSPS) is 11.1. The summed E-state index contributed by atoms with van der Waals surface area (Å²) in [6.07, 6.45) is 4.71. The lowest BCUT2D eigenvalue weighted by atomic mass is 10.1. The van der Waals surface area contributed by atoms with Gasteiger partial charge in [0.05, 0.1) is 23.5 Å². The Morgan fingerprint density at radius 2 is 1.59 bits per heavy atom. The summed E-state index contributed by atoms with van der Waals surface area (Å²) in [7, 11) is 0. The zero-order chi connectivity index (χ0) is 18.1. The summed E-state index contributed by atoms with van der Waals surface area (Å²) < 4.78 is 17.2. The fourth-order valence-corrected chi connectivity index (χ4v) is 3.09. The summed E-state index contributed by atoms with van der Waals surface area (Å²) >= 11 is 0. The first-order valence-corrected chi connectivity index (χ1v) is 8.53. The Labute approximate surface area is 154 Å². The van der Waals surface area contributed by atoms with Gasteiger partial charge in [0, 0.05) is 6.54 Å². The lowest BCUT2D eigenvalue weighted by Gasteiger charge is -2.07. The smallest absolute Gasteiger partial charge is 0.232 e. The Morgan fingerprint density at radius 1 is 0.815 bits per heavy atom. The van der Waals surface area contributed by atoms with Gasteiger partial charge in [-0.05, 0) is 29.8 Å². The molecule has 27 heavy (non-hydrogen) atoms. The van der Waals surface area contributed by atoms with Crippen molar-refractivity contribution in [1.29, 1.82) is 0 Å². The summed E-state index contributed by atoms with van der Waals surface area (Å²) in [5, 5.41) is 4.14. The third kappa shape index (κ3) is 2.77. The number of fused-ring (bicyclic) bond motifs is 1. The molecule has 0 spiro atoms. The largest absolute Gasteiger partial charge is 0.464 e. The van der Waals surface area contributed by atoms with Crippen LogP contribution in [0.2, 0.25) is 0 Å². The molecule has 0 saturated heterocycles. The first-order chi connectivity index (χ1) is 13.4. The van der Waals surface area contributed by atoms with Crippen LogP contribution in [-0.2, 0) is 6.54 Å². The monoisotopic (exact) mass is 357 g/mol. The molecular weight excluding hydrogens is 342 g/mol. The zero-order valence-corrected chi connectivity index (χ0v) is 14.3. The Balaban J connectivity index is 1.66. The van der Waals surface area contributed by atoms with Crippen molar-refractivity contribution in [1.82, 2.24) is 9.97 Å². The lowest BCUT2D eigenvalue weighted by Crippen LogP contribution is -2.02. The van der Waals surface area contributed by atoms with E-state index in [0.29, 0.717) is 35.4 Å². The number of hydrogen-bond donors (Lipinski definition) is 1. The maximum absolute atomic E-state index is 6.02. The highest BCUT2D eigenvalue weighted by Crippen LogP contribution is 2.42. The van der Waals surface area contributed by atoms with E-state index in [9.17, 15) is 0 Å². The maximum atomic E-state index is 6.02. The van der Waals surface area contributed by atoms with Gasteiger partial charge in [0.1, 0.15) is 17.9 Å². The molecule has 1 N–H and O–H groups in total. The topological polar surface area (TPSA) is 77.2 Å². The average Bonchev–Trinajstić information content (AvgIpc) is 3.46. The van der Waals surface area contributed by atoms with E-state index < -0.39 is 0 Å². The first-order valence-electron chi connectivity index (χ1n) is 8.53. The highest BCUT2D eigenvalue weighted by atomic mass is 16.4. The molecule has 0 amide bonds. The summed E-state index contributed by atoms with van der Waals surface area (Å²) in [4.78, 5) is 8.73. The molecule has 6 nitrogen and oxygen atoms in total. The molecule has 0 unspecified atom stereocenters. The molecule has 1 aromatic carbocycles. The molecule has 5 rings (SSSR count). The van der Waals surface area contributed by atoms with Gasteiger partial charge >= 0.3 is 0 Å². The number of benzene rings is 1. The Bertz CT molecular complexity index is 1160. The van der Waals surface area contributed by atoms with Gasteiger partial charge in [-0.1, -0.05) is 30.3 Å². The van der Waals surface area contributed by atoms with E-state index in [4.69, 9.17) is 13.3 Å². The van der Waals surface area contributed by atoms with E-state index in [2.05, 4.69) is 27.4 Å². The average molecular weight is 357 g/mol. The molecule has 6 heteroatoms. The van der Waals surface area contributed by atoms with Crippen molar-refractivity contribution in [3.8, 4) is 22.8 Å². The predicted molar refractivity (Wildman–Crippen MR) is 101 cm³/mol. The molecule has 4 heterocycles. The number of nitrogens with one attached hydrogen (secondary N) is 1. The number of hydrogen-bond acceptors (Lipinski definition) is 6. The van der Waals surface area contributed by atoms with Crippen LogP contribution in [-0.4, -0.2) is 9.97 Å². The second-order valence-corrected chi connectivity index (χ2v) is 6.00. The third-order valence-corrected chi connectivity index (χ3v) is 4.30. The second kappa shape index (κ2) is 6.49. The van der Waals surface area contributed by atoms with Crippen molar-refractivity contribution in [3.63, 3.8) is 0 Å². The van der Waals surface area contributed by atoms with Crippen LogP contribution in [0.25, 0.3) is 33.9 Å². The molecule has 0 aliphatic heterocycles. The molecule has 5 aromatic rings. The lowest BCUT2D eigenvalue weighted by molar-refractivity contribution is 0.536. The van der Waals surface area contributed by atoms with Gasteiger partial charge in [0.15, 0.2) is 11.5 Å². The molecule has 132 valence electrons. The van der Waals surface area contributed by atoms with Gasteiger partial charge in [-0.3, -0.25) is 0 Å². The molecule has 0 atom stereocenters. The van der Waals surface area contributed by atoms with Crippen LogP contribution in [0.4, 0.5) is 5.82 Å². The predicted octanol–water partition coefficient (Wildman–Crippen LogP) is 5.35. The molecule has 0 saturated carbocycles. The van der Waals surface area contributed by atoms with Crippen molar-refractivity contribution in [3.05, 3.63) is 79.0 Å². The number of rotatable bonds is 5. The molecule has 0 radical (unpaired) electrons. The minimum Gasteiger partial charge on any atom is -0.464 e. The minimum atomic E-state index is 0.471. The Morgan fingerprint density at radius 3 is 2.33 bits per heavy atom. The van der Waals surface area contributed by atoms with Crippen LogP contribution < -0.4 is 5.32 Å². The molecule has 0 aliphatic carbocycles. The third-order valence-electron chi connectivity index (χ3n) is 4.30. The summed E-state index contributed by atoms with van der Waals surface area (Å²) in [5.74, 6) is 2.51. The number of furan rings is 3. The van der Waals surface area contributed by atoms with Crippen molar-refractivity contribution in [2.24, 2.45) is 0 Å². The number of nitrogens with zero attached hydrogens (tertiary/aromatic N) is 2. The van der Waals surface area contributed by atoms with Gasteiger partial charge in [-0.2, -0.15) is 0 Å². The van der Waals surface area contributed by atoms with Crippen molar-refractivity contribution >= 4 is 16.9 Å². The Hall–Kier alpha value is -3.80. The fourth-order valence-electron chi connectivity index (χ4n) is 3.09. The van der Waals surface area contributed by atoms with Crippen LogP contribution in [0, 0.1) is 0 Å². The number of anilines is 1. The van der Waals surface area contributed by atoms with Gasteiger partial charge in [-0.25, -0.2) is 9.97 Å². The van der Waals surface area contributed by atoms with E-state index in [1.807, 2.05) is 42.5 Å². The highest BCUT2D eigenvalue weighted by Gasteiger charge is 2.25. The molecule has 0 aliphatic rings. The van der Waals surface area contributed by atoms with E-state index >= 15 is 0 Å². The van der Waals surface area contributed by atoms with Crippen molar-refractivity contribution in [2.45, 2.75) is 6.54 Å². The highest BCUT2D eigenvalue weighted by molar-refractivity contribution is 6.04. The van der Waals surface area contributed by atoms with Crippen molar-refractivity contribution in [2.75, 3.05) is 5.32 Å². The minimum absolute atomic E-state index is 0.471. The first kappa shape index (κ1) is 15.5. The standard InChI is InChI=1S/C21H15N3O3/c1-2-6-14(7-3-1)12-22-20-18-17(15-8-4-10-25-15)19(16-9-5-11-26-16)27-21(18)24-13-23-20/h1-11,13H,12H2,(H,22,23,24). The van der Waals surface area contributed by atoms with Gasteiger partial charge in [0.25, 0.3) is 0 Å². The number of aromatic nitrogens is 2. The summed E-state index contributed by atoms with van der Waals surface area (Å²) in [6, 6.07) is 17.5. The van der Waals surface area contributed by atoms with E-state index in [1.54, 1.807) is 12.5 Å². The van der Waals surface area contributed by atoms with E-state index in [1.165, 1.54) is 6.33 Å². The van der Waals surface area contributed by atoms with Crippen LogP contribution >= 0.6 is 0 Å². The van der Waals surface area contributed by atoms with Crippen LogP contribution in [0.3, 0.4) is 0 Å². The van der Waals surface area contributed by atoms with E-state index in [-0.39, 0.29) is 0 Å². The molecule has 4 aromatic heterocycles. The Kier molecular flexibility index (Phi) is 3.72. The second-order valence-electron chi connectivity index (χ2n) is 6.00.